The maximum atomic E-state index is 12.3. The van der Waals surface area contributed by atoms with Crippen LogP contribution in [0.5, 0.6) is 0 Å². The predicted octanol–water partition coefficient (Wildman–Crippen LogP) is 3.38. The lowest BCUT2D eigenvalue weighted by Gasteiger charge is -2.36. The van der Waals surface area contributed by atoms with Crippen molar-refractivity contribution in [3.8, 4) is 0 Å². The Bertz CT molecular complexity index is 762. The molecule has 1 aromatic carbocycles. The number of amides is 1. The number of nitrogens with one attached hydrogen (secondary N) is 1. The van der Waals surface area contributed by atoms with Gasteiger partial charge in [-0.2, -0.15) is 0 Å². The number of benzene rings is 1. The highest BCUT2D eigenvalue weighted by molar-refractivity contribution is 6.30. The van der Waals surface area contributed by atoms with Gasteiger partial charge in [-0.3, -0.25) is 4.79 Å². The average molecular weight is 388 g/mol. The van der Waals surface area contributed by atoms with E-state index in [0.29, 0.717) is 12.2 Å². The Morgan fingerprint density at radius 2 is 1.89 bits per heavy atom. The zero-order valence-electron chi connectivity index (χ0n) is 15.7. The van der Waals surface area contributed by atoms with Gasteiger partial charge in [0.1, 0.15) is 17.8 Å². The lowest BCUT2D eigenvalue weighted by Crippen LogP contribution is -2.47. The van der Waals surface area contributed by atoms with Gasteiger partial charge in [-0.25, -0.2) is 9.97 Å². The Labute approximate surface area is 165 Å². The quantitative estimate of drug-likeness (QED) is 0.738. The van der Waals surface area contributed by atoms with Crippen LogP contribution < -0.4 is 15.1 Å². The Hall–Kier alpha value is -2.34. The number of hydrogen-bond donors (Lipinski definition) is 1. The molecular weight excluding hydrogens is 362 g/mol. The molecule has 0 radical (unpaired) electrons. The summed E-state index contributed by atoms with van der Waals surface area (Å²) in [7, 11) is 0. The van der Waals surface area contributed by atoms with E-state index in [4.69, 9.17) is 11.6 Å². The third kappa shape index (κ3) is 5.32. The molecule has 0 aliphatic carbocycles. The third-order valence-corrected chi connectivity index (χ3v) is 4.96. The molecule has 0 saturated carbocycles. The first-order valence-corrected chi connectivity index (χ1v) is 9.91. The molecule has 0 atom stereocenters. The van der Waals surface area contributed by atoms with Crippen molar-refractivity contribution in [3.63, 3.8) is 0 Å². The zero-order valence-corrected chi connectivity index (χ0v) is 16.5. The first kappa shape index (κ1) is 19.4. The number of aromatic nitrogens is 2. The molecule has 1 aliphatic heterocycles. The van der Waals surface area contributed by atoms with Gasteiger partial charge in [-0.1, -0.05) is 37.4 Å². The van der Waals surface area contributed by atoms with Crippen molar-refractivity contribution in [2.24, 2.45) is 0 Å². The topological polar surface area (TPSA) is 61.4 Å². The second-order valence-electron chi connectivity index (χ2n) is 6.68. The second-order valence-corrected chi connectivity index (χ2v) is 7.11. The largest absolute Gasteiger partial charge is 0.368 e. The van der Waals surface area contributed by atoms with E-state index in [1.807, 2.05) is 18.2 Å². The number of piperazine rings is 1. The minimum absolute atomic E-state index is 0.132. The Balaban J connectivity index is 1.57. The van der Waals surface area contributed by atoms with Gasteiger partial charge in [0.25, 0.3) is 5.91 Å². The molecule has 0 spiro atoms. The van der Waals surface area contributed by atoms with Crippen LogP contribution in [0, 0.1) is 0 Å². The minimum atomic E-state index is -0.132. The molecule has 1 aromatic heterocycles. The second kappa shape index (κ2) is 9.55. The van der Waals surface area contributed by atoms with Gasteiger partial charge >= 0.3 is 0 Å². The molecule has 1 aliphatic rings. The molecule has 0 bridgehead atoms. The van der Waals surface area contributed by atoms with Gasteiger partial charge in [-0.05, 0) is 24.6 Å². The Kier molecular flexibility index (Phi) is 6.87. The predicted molar refractivity (Wildman–Crippen MR) is 110 cm³/mol. The highest BCUT2D eigenvalue weighted by atomic mass is 35.5. The number of carbonyl (C=O) groups excluding carboxylic acids is 1. The maximum Gasteiger partial charge on any atom is 0.270 e. The fourth-order valence-electron chi connectivity index (χ4n) is 3.18. The van der Waals surface area contributed by atoms with E-state index in [0.717, 1.165) is 62.0 Å². The van der Waals surface area contributed by atoms with E-state index in [9.17, 15) is 4.79 Å². The molecule has 7 heteroatoms. The summed E-state index contributed by atoms with van der Waals surface area (Å²) in [6, 6.07) is 9.71. The average Bonchev–Trinajstić information content (AvgIpc) is 2.71. The molecule has 2 heterocycles. The molecule has 6 nitrogen and oxygen atoms in total. The standard InChI is InChI=1S/C20H26ClN5O/c1-2-3-4-8-22-20(27)18-14-19(24-15-23-18)26-11-9-25(10-12-26)17-7-5-6-16(21)13-17/h5-7,13-15H,2-4,8-12H2,1H3,(H,22,27). The SMILES string of the molecule is CCCCCNC(=O)c1cc(N2CCN(c3cccc(Cl)c3)CC2)ncn1. The first-order chi connectivity index (χ1) is 13.2. The monoisotopic (exact) mass is 387 g/mol. The van der Waals surface area contributed by atoms with Gasteiger partial charge in [0.15, 0.2) is 0 Å². The van der Waals surface area contributed by atoms with Crippen LogP contribution >= 0.6 is 11.6 Å². The summed E-state index contributed by atoms with van der Waals surface area (Å²) in [6.45, 7) is 6.25. The molecule has 1 N–H and O–H groups in total. The molecule has 27 heavy (non-hydrogen) atoms. The van der Waals surface area contributed by atoms with Crippen LogP contribution in [0.25, 0.3) is 0 Å². The highest BCUT2D eigenvalue weighted by Crippen LogP contribution is 2.22. The summed E-state index contributed by atoms with van der Waals surface area (Å²) < 4.78 is 0. The normalized spacial score (nSPS) is 14.3. The van der Waals surface area contributed by atoms with Crippen molar-refractivity contribution in [2.45, 2.75) is 26.2 Å². The van der Waals surface area contributed by atoms with Gasteiger partial charge in [0, 0.05) is 49.5 Å². The molecule has 1 amide bonds. The summed E-state index contributed by atoms with van der Waals surface area (Å²) >= 11 is 6.10. The third-order valence-electron chi connectivity index (χ3n) is 4.73. The van der Waals surface area contributed by atoms with E-state index < -0.39 is 0 Å². The van der Waals surface area contributed by atoms with Crippen molar-refractivity contribution in [1.29, 1.82) is 0 Å². The highest BCUT2D eigenvalue weighted by Gasteiger charge is 2.19. The summed E-state index contributed by atoms with van der Waals surface area (Å²) in [4.78, 5) is 25.3. The van der Waals surface area contributed by atoms with Crippen LogP contribution in [-0.4, -0.2) is 48.6 Å². The van der Waals surface area contributed by atoms with Gasteiger partial charge in [0.05, 0.1) is 0 Å². The lowest BCUT2D eigenvalue weighted by molar-refractivity contribution is 0.0948. The molecule has 1 saturated heterocycles. The number of nitrogens with zero attached hydrogens (tertiary/aromatic N) is 4. The molecule has 1 fully saturated rings. The van der Waals surface area contributed by atoms with Gasteiger partial charge in [-0.15, -0.1) is 0 Å². The number of unbranched alkanes of at least 4 members (excludes halogenated alkanes) is 2. The lowest BCUT2D eigenvalue weighted by atomic mass is 10.2. The van der Waals surface area contributed by atoms with E-state index in [1.165, 1.54) is 6.33 Å². The summed E-state index contributed by atoms with van der Waals surface area (Å²) in [5.41, 5.74) is 1.56. The molecule has 2 aromatic rings. The Morgan fingerprint density at radius 3 is 2.63 bits per heavy atom. The number of rotatable bonds is 7. The van der Waals surface area contributed by atoms with Gasteiger partial charge in [0.2, 0.25) is 0 Å². The Morgan fingerprint density at radius 1 is 1.11 bits per heavy atom. The van der Waals surface area contributed by atoms with Crippen molar-refractivity contribution in [1.82, 2.24) is 15.3 Å². The van der Waals surface area contributed by atoms with E-state index in [-0.39, 0.29) is 5.91 Å². The van der Waals surface area contributed by atoms with Crippen LogP contribution in [0.1, 0.15) is 36.7 Å². The first-order valence-electron chi connectivity index (χ1n) is 9.53. The van der Waals surface area contributed by atoms with Crippen molar-refractivity contribution >= 4 is 29.0 Å². The number of hydrogen-bond acceptors (Lipinski definition) is 5. The van der Waals surface area contributed by atoms with Crippen LogP contribution in [0.15, 0.2) is 36.7 Å². The minimum Gasteiger partial charge on any atom is -0.368 e. The number of carbonyl (C=O) groups is 1. The summed E-state index contributed by atoms with van der Waals surface area (Å²) in [6.07, 6.45) is 4.71. The van der Waals surface area contributed by atoms with Crippen LogP contribution in [0.4, 0.5) is 11.5 Å². The van der Waals surface area contributed by atoms with Crippen LogP contribution in [-0.2, 0) is 0 Å². The van der Waals surface area contributed by atoms with Crippen molar-refractivity contribution in [2.75, 3.05) is 42.5 Å². The number of halogens is 1. The smallest absolute Gasteiger partial charge is 0.270 e. The van der Waals surface area contributed by atoms with Crippen LogP contribution in [0.3, 0.4) is 0 Å². The van der Waals surface area contributed by atoms with Crippen LogP contribution in [0.2, 0.25) is 5.02 Å². The van der Waals surface area contributed by atoms with E-state index >= 15 is 0 Å². The molecule has 0 unspecified atom stereocenters. The van der Waals surface area contributed by atoms with Crippen molar-refractivity contribution in [3.05, 3.63) is 47.4 Å². The molecular formula is C20H26ClN5O. The number of anilines is 2. The summed E-state index contributed by atoms with van der Waals surface area (Å²) in [5.74, 6) is 0.668. The van der Waals surface area contributed by atoms with E-state index in [2.05, 4.69) is 38.1 Å². The molecule has 3 rings (SSSR count). The van der Waals surface area contributed by atoms with E-state index in [1.54, 1.807) is 6.07 Å². The maximum absolute atomic E-state index is 12.3. The zero-order chi connectivity index (χ0) is 19.1. The van der Waals surface area contributed by atoms with Gasteiger partial charge < -0.3 is 15.1 Å². The fourth-order valence-corrected chi connectivity index (χ4v) is 3.36. The molecule has 144 valence electrons. The summed E-state index contributed by atoms with van der Waals surface area (Å²) in [5, 5.41) is 3.68. The fraction of sp³-hybridized carbons (Fsp3) is 0.450. The van der Waals surface area contributed by atoms with Crippen molar-refractivity contribution < 1.29 is 4.79 Å².